The molecule has 1 aliphatic heterocycles. The largest absolute Gasteiger partial charge is 0.467 e. The summed E-state index contributed by atoms with van der Waals surface area (Å²) in [5.74, 6) is 0.339. The van der Waals surface area contributed by atoms with Gasteiger partial charge in [-0.25, -0.2) is 0 Å². The van der Waals surface area contributed by atoms with Crippen molar-refractivity contribution in [2.45, 2.75) is 27.3 Å². The highest BCUT2D eigenvalue weighted by Gasteiger charge is 2.30. The van der Waals surface area contributed by atoms with Gasteiger partial charge < -0.3 is 9.73 Å². The molecule has 0 saturated carbocycles. The van der Waals surface area contributed by atoms with E-state index in [1.807, 2.05) is 20.8 Å². The predicted octanol–water partition coefficient (Wildman–Crippen LogP) is 1.93. The van der Waals surface area contributed by atoms with E-state index in [1.54, 1.807) is 12.1 Å². The highest BCUT2D eigenvalue weighted by Crippen LogP contribution is 2.30. The third-order valence-electron chi connectivity index (χ3n) is 3.25. The van der Waals surface area contributed by atoms with Gasteiger partial charge in [0.05, 0.1) is 23.6 Å². The predicted molar refractivity (Wildman–Crippen MR) is 87.3 cm³/mol. The van der Waals surface area contributed by atoms with Crippen molar-refractivity contribution < 1.29 is 18.8 Å². The van der Waals surface area contributed by atoms with Crippen LogP contribution in [0, 0.1) is 5.41 Å². The molecule has 124 valence electrons. The van der Waals surface area contributed by atoms with Crippen molar-refractivity contribution in [1.82, 2.24) is 10.2 Å². The number of amides is 2. The maximum absolute atomic E-state index is 12.1. The molecule has 1 N–H and O–H groups in total. The lowest BCUT2D eigenvalue weighted by Crippen LogP contribution is -2.37. The van der Waals surface area contributed by atoms with E-state index >= 15 is 0 Å². The van der Waals surface area contributed by atoms with E-state index in [2.05, 4.69) is 5.32 Å². The zero-order valence-electron chi connectivity index (χ0n) is 13.4. The number of carbonyl (C=O) groups is 3. The summed E-state index contributed by atoms with van der Waals surface area (Å²) < 4.78 is 5.13. The van der Waals surface area contributed by atoms with Crippen LogP contribution in [0.1, 0.15) is 26.5 Å². The summed E-state index contributed by atoms with van der Waals surface area (Å²) in [5, 5.41) is 3.22. The van der Waals surface area contributed by atoms with E-state index in [4.69, 9.17) is 4.42 Å². The molecule has 0 unspecified atom stereocenters. The summed E-state index contributed by atoms with van der Waals surface area (Å²) in [5.41, 5.74) is -0.521. The Morgan fingerprint density at radius 3 is 2.78 bits per heavy atom. The van der Waals surface area contributed by atoms with Gasteiger partial charge in [0.1, 0.15) is 12.3 Å². The Bertz CT molecular complexity index is 629. The van der Waals surface area contributed by atoms with Gasteiger partial charge in [-0.15, -0.1) is 0 Å². The summed E-state index contributed by atoms with van der Waals surface area (Å²) in [7, 11) is 0. The minimum atomic E-state index is -0.521. The molecule has 0 radical (unpaired) electrons. The van der Waals surface area contributed by atoms with E-state index in [1.165, 1.54) is 29.0 Å². The minimum Gasteiger partial charge on any atom is -0.467 e. The Balaban J connectivity index is 1.98. The van der Waals surface area contributed by atoms with Gasteiger partial charge >= 0.3 is 0 Å². The molecule has 1 saturated heterocycles. The molecule has 0 aromatic carbocycles. The lowest BCUT2D eigenvalue weighted by atomic mass is 9.91. The standard InChI is InChI=1S/C16H20N2O4S/c1-16(2,3)12(19)7-15-18(14(21)10-23-15)9-13(20)17-8-11-5-4-6-22-11/h4-7H,8-10H2,1-3H3,(H,17,20)/b15-7-. The van der Waals surface area contributed by atoms with Gasteiger partial charge in [0.25, 0.3) is 0 Å². The molecule has 0 bridgehead atoms. The van der Waals surface area contributed by atoms with Crippen molar-refractivity contribution in [2.75, 3.05) is 12.3 Å². The second kappa shape index (κ2) is 7.04. The lowest BCUT2D eigenvalue weighted by molar-refractivity contribution is -0.131. The van der Waals surface area contributed by atoms with Gasteiger partial charge in [-0.1, -0.05) is 32.5 Å². The molecule has 1 fully saturated rings. The fraction of sp³-hybridized carbons (Fsp3) is 0.438. The molecule has 2 heterocycles. The average Bonchev–Trinajstić information content (AvgIpc) is 3.09. The van der Waals surface area contributed by atoms with Crippen molar-refractivity contribution in [3.05, 3.63) is 35.3 Å². The summed E-state index contributed by atoms with van der Waals surface area (Å²) >= 11 is 1.28. The second-order valence-electron chi connectivity index (χ2n) is 6.22. The number of nitrogens with zero attached hydrogens (tertiary/aromatic N) is 1. The molecule has 7 heteroatoms. The molecule has 0 aliphatic carbocycles. The molecule has 1 aromatic rings. The van der Waals surface area contributed by atoms with Crippen molar-refractivity contribution >= 4 is 29.4 Å². The monoisotopic (exact) mass is 336 g/mol. The number of thioether (sulfide) groups is 1. The second-order valence-corrected chi connectivity index (χ2v) is 7.22. The van der Waals surface area contributed by atoms with Crippen molar-refractivity contribution in [3.8, 4) is 0 Å². The molecule has 2 rings (SSSR count). The number of rotatable bonds is 5. The Labute approximate surface area is 139 Å². The van der Waals surface area contributed by atoms with Crippen LogP contribution in [0.5, 0.6) is 0 Å². The zero-order valence-corrected chi connectivity index (χ0v) is 14.2. The van der Waals surface area contributed by atoms with Gasteiger partial charge in [-0.05, 0) is 12.1 Å². The number of nitrogens with one attached hydrogen (secondary N) is 1. The minimum absolute atomic E-state index is 0.0734. The molecule has 0 spiro atoms. The van der Waals surface area contributed by atoms with Crippen LogP contribution in [-0.2, 0) is 20.9 Å². The SMILES string of the molecule is CC(C)(C)C(=O)/C=C1\SCC(=O)N1CC(=O)NCc1ccco1. The first-order chi connectivity index (χ1) is 10.8. The Kier molecular flexibility index (Phi) is 5.30. The van der Waals surface area contributed by atoms with Gasteiger partial charge in [-0.3, -0.25) is 19.3 Å². The van der Waals surface area contributed by atoms with E-state index in [0.29, 0.717) is 10.8 Å². The maximum Gasteiger partial charge on any atom is 0.240 e. The molecule has 1 aliphatic rings. The molecule has 6 nitrogen and oxygen atoms in total. The van der Waals surface area contributed by atoms with Gasteiger partial charge in [0.15, 0.2) is 5.78 Å². The Morgan fingerprint density at radius 2 is 2.17 bits per heavy atom. The maximum atomic E-state index is 12.1. The normalized spacial score (nSPS) is 16.9. The first kappa shape index (κ1) is 17.3. The van der Waals surface area contributed by atoms with Crippen LogP contribution in [0.25, 0.3) is 0 Å². The van der Waals surface area contributed by atoms with Crippen molar-refractivity contribution in [1.29, 1.82) is 0 Å². The van der Waals surface area contributed by atoms with Crippen LogP contribution >= 0.6 is 11.8 Å². The first-order valence-corrected chi connectivity index (χ1v) is 8.24. The molecule has 2 amide bonds. The summed E-state index contributed by atoms with van der Waals surface area (Å²) in [6, 6.07) is 3.49. The van der Waals surface area contributed by atoms with Gasteiger partial charge in [0, 0.05) is 11.5 Å². The number of hydrogen-bond acceptors (Lipinski definition) is 5. The summed E-state index contributed by atoms with van der Waals surface area (Å²) in [6.45, 7) is 5.60. The third kappa shape index (κ3) is 4.72. The highest BCUT2D eigenvalue weighted by molar-refractivity contribution is 8.04. The van der Waals surface area contributed by atoms with Crippen LogP contribution in [-0.4, -0.2) is 34.8 Å². The molecule has 0 atom stereocenters. The quantitative estimate of drug-likeness (QED) is 0.831. The van der Waals surface area contributed by atoms with E-state index in [0.717, 1.165) is 0 Å². The third-order valence-corrected chi connectivity index (χ3v) is 4.27. The lowest BCUT2D eigenvalue weighted by Gasteiger charge is -2.18. The fourth-order valence-corrected chi connectivity index (χ4v) is 2.77. The van der Waals surface area contributed by atoms with E-state index in [-0.39, 0.29) is 36.4 Å². The summed E-state index contributed by atoms with van der Waals surface area (Å²) in [4.78, 5) is 37.4. The Morgan fingerprint density at radius 1 is 1.43 bits per heavy atom. The zero-order chi connectivity index (χ0) is 17.0. The van der Waals surface area contributed by atoms with Crippen molar-refractivity contribution in [2.24, 2.45) is 5.41 Å². The van der Waals surface area contributed by atoms with Crippen LogP contribution in [0.4, 0.5) is 0 Å². The van der Waals surface area contributed by atoms with Crippen LogP contribution < -0.4 is 5.32 Å². The number of allylic oxidation sites excluding steroid dienone is 1. The molecule has 1 aromatic heterocycles. The molecule has 23 heavy (non-hydrogen) atoms. The van der Waals surface area contributed by atoms with Crippen LogP contribution in [0.2, 0.25) is 0 Å². The fourth-order valence-electron chi connectivity index (χ4n) is 1.83. The van der Waals surface area contributed by atoms with E-state index < -0.39 is 5.41 Å². The first-order valence-electron chi connectivity index (χ1n) is 7.26. The number of hydrogen-bond donors (Lipinski definition) is 1. The highest BCUT2D eigenvalue weighted by atomic mass is 32.2. The Hall–Kier alpha value is -2.02. The number of carbonyl (C=O) groups excluding carboxylic acids is 3. The average molecular weight is 336 g/mol. The molecular weight excluding hydrogens is 316 g/mol. The van der Waals surface area contributed by atoms with Crippen LogP contribution in [0.15, 0.2) is 33.9 Å². The molecular formula is C16H20N2O4S. The summed E-state index contributed by atoms with van der Waals surface area (Å²) in [6.07, 6.45) is 2.98. The van der Waals surface area contributed by atoms with Crippen molar-refractivity contribution in [3.63, 3.8) is 0 Å². The smallest absolute Gasteiger partial charge is 0.240 e. The topological polar surface area (TPSA) is 79.6 Å². The van der Waals surface area contributed by atoms with Gasteiger partial charge in [-0.2, -0.15) is 0 Å². The van der Waals surface area contributed by atoms with Crippen LogP contribution in [0.3, 0.4) is 0 Å². The number of furan rings is 1. The number of ketones is 1. The van der Waals surface area contributed by atoms with E-state index in [9.17, 15) is 14.4 Å². The van der Waals surface area contributed by atoms with Gasteiger partial charge in [0.2, 0.25) is 11.8 Å².